The molecule has 5 nitrogen and oxygen atoms in total. The first kappa shape index (κ1) is 16.8. The second-order valence-electron chi connectivity index (χ2n) is 4.74. The van der Waals surface area contributed by atoms with Crippen LogP contribution in [0.5, 0.6) is 0 Å². The van der Waals surface area contributed by atoms with Crippen LogP contribution in [0.25, 0.3) is 0 Å². The van der Waals surface area contributed by atoms with E-state index in [2.05, 4.69) is 4.90 Å². The molecular weight excluding hydrogens is 220 g/mol. The Bertz CT molecular complexity index is 177. The quantitative estimate of drug-likeness (QED) is 0.507. The first-order valence-corrected chi connectivity index (χ1v) is 6.15. The Labute approximate surface area is 105 Å². The number of aliphatic hydroxyl groups excluding tert-OH is 1. The third-order valence-electron chi connectivity index (χ3n) is 2.79. The summed E-state index contributed by atoms with van der Waals surface area (Å²) in [6.07, 6.45) is 1.78. The monoisotopic (exact) mass is 248 g/mol. The molecule has 1 unspecified atom stereocenters. The number of ether oxygens (including phenoxy) is 2. The van der Waals surface area contributed by atoms with Crippen molar-refractivity contribution in [3.63, 3.8) is 0 Å². The lowest BCUT2D eigenvalue weighted by molar-refractivity contribution is 0.120. The second-order valence-corrected chi connectivity index (χ2v) is 4.74. The molecule has 3 N–H and O–H groups in total. The van der Waals surface area contributed by atoms with Crippen LogP contribution in [0.1, 0.15) is 19.8 Å². The molecule has 17 heavy (non-hydrogen) atoms. The van der Waals surface area contributed by atoms with Gasteiger partial charge in [0.25, 0.3) is 0 Å². The van der Waals surface area contributed by atoms with Crippen LogP contribution in [0.15, 0.2) is 0 Å². The summed E-state index contributed by atoms with van der Waals surface area (Å²) < 4.78 is 10.1. The predicted molar refractivity (Wildman–Crippen MR) is 69.1 cm³/mol. The summed E-state index contributed by atoms with van der Waals surface area (Å²) in [4.78, 5) is 2.29. The van der Waals surface area contributed by atoms with Gasteiger partial charge in [0.1, 0.15) is 0 Å². The van der Waals surface area contributed by atoms with Crippen LogP contribution in [0.2, 0.25) is 0 Å². The third kappa shape index (κ3) is 9.50. The highest BCUT2D eigenvalue weighted by atomic mass is 16.5. The summed E-state index contributed by atoms with van der Waals surface area (Å²) in [5.41, 5.74) is 5.42. The van der Waals surface area contributed by atoms with E-state index in [1.807, 2.05) is 6.92 Å². The van der Waals surface area contributed by atoms with Crippen LogP contribution in [0.3, 0.4) is 0 Å². The minimum atomic E-state index is -0.493. The van der Waals surface area contributed by atoms with Crippen LogP contribution >= 0.6 is 0 Å². The van der Waals surface area contributed by atoms with E-state index < -0.39 is 5.54 Å². The highest BCUT2D eigenvalue weighted by molar-refractivity contribution is 4.78. The first-order valence-electron chi connectivity index (χ1n) is 6.15. The molecule has 5 heteroatoms. The van der Waals surface area contributed by atoms with Gasteiger partial charge in [-0.15, -0.1) is 0 Å². The maximum atomic E-state index is 9.11. The van der Waals surface area contributed by atoms with E-state index in [9.17, 15) is 0 Å². The summed E-state index contributed by atoms with van der Waals surface area (Å²) in [7, 11) is 3.41. The van der Waals surface area contributed by atoms with Crippen LogP contribution in [-0.4, -0.2) is 69.2 Å². The average Bonchev–Trinajstić information content (AvgIpc) is 2.32. The van der Waals surface area contributed by atoms with Crippen molar-refractivity contribution in [1.29, 1.82) is 0 Å². The summed E-state index contributed by atoms with van der Waals surface area (Å²) in [5.74, 6) is 0. The van der Waals surface area contributed by atoms with E-state index in [1.54, 1.807) is 14.2 Å². The van der Waals surface area contributed by atoms with Gasteiger partial charge in [-0.05, 0) is 19.8 Å². The molecule has 0 aliphatic rings. The number of aliphatic hydroxyl groups is 1. The zero-order valence-electron chi connectivity index (χ0n) is 11.4. The molecular formula is C12H28N2O3. The topological polar surface area (TPSA) is 68.0 Å². The Balaban J connectivity index is 3.91. The van der Waals surface area contributed by atoms with Crippen molar-refractivity contribution in [2.75, 3.05) is 53.7 Å². The van der Waals surface area contributed by atoms with Gasteiger partial charge >= 0.3 is 0 Å². The highest BCUT2D eigenvalue weighted by Gasteiger charge is 2.18. The zero-order chi connectivity index (χ0) is 13.1. The predicted octanol–water partition coefficient (Wildman–Crippen LogP) is 0.0711. The van der Waals surface area contributed by atoms with Crippen LogP contribution in [0.4, 0.5) is 0 Å². The van der Waals surface area contributed by atoms with Crippen LogP contribution in [0, 0.1) is 0 Å². The standard InChI is InChI=1S/C12H28N2O3/c1-12(13,11-15)5-7-14(8-10-17-3)6-4-9-16-2/h15H,4-11,13H2,1-3H3. The molecule has 0 aromatic heterocycles. The third-order valence-corrected chi connectivity index (χ3v) is 2.79. The van der Waals surface area contributed by atoms with Gasteiger partial charge in [0.05, 0.1) is 13.2 Å². The van der Waals surface area contributed by atoms with Gasteiger partial charge in [-0.25, -0.2) is 0 Å². The van der Waals surface area contributed by atoms with Crippen molar-refractivity contribution < 1.29 is 14.6 Å². The van der Waals surface area contributed by atoms with Crippen molar-refractivity contribution >= 4 is 0 Å². The minimum Gasteiger partial charge on any atom is -0.394 e. The summed E-state index contributed by atoms with van der Waals surface area (Å²) >= 11 is 0. The fraction of sp³-hybridized carbons (Fsp3) is 1.00. The van der Waals surface area contributed by atoms with E-state index in [-0.39, 0.29) is 6.61 Å². The summed E-state index contributed by atoms with van der Waals surface area (Å²) in [6, 6.07) is 0. The molecule has 0 aromatic rings. The minimum absolute atomic E-state index is 0.0171. The van der Waals surface area contributed by atoms with Gasteiger partial charge in [-0.3, -0.25) is 0 Å². The van der Waals surface area contributed by atoms with Crippen LogP contribution in [-0.2, 0) is 9.47 Å². The molecule has 104 valence electrons. The molecule has 0 heterocycles. The number of rotatable bonds is 11. The molecule has 0 amide bonds. The maximum Gasteiger partial charge on any atom is 0.0608 e. The van der Waals surface area contributed by atoms with E-state index in [0.29, 0.717) is 6.61 Å². The first-order chi connectivity index (χ1) is 8.05. The summed E-state index contributed by atoms with van der Waals surface area (Å²) in [6.45, 7) is 6.11. The van der Waals surface area contributed by atoms with Crippen molar-refractivity contribution in [1.82, 2.24) is 4.90 Å². The number of hydrogen-bond acceptors (Lipinski definition) is 5. The fourth-order valence-corrected chi connectivity index (χ4v) is 1.48. The Morgan fingerprint density at radius 3 is 2.29 bits per heavy atom. The lowest BCUT2D eigenvalue weighted by atomic mass is 10.0. The van der Waals surface area contributed by atoms with Crippen molar-refractivity contribution in [2.45, 2.75) is 25.3 Å². The molecule has 0 aromatic carbocycles. The second kappa shape index (κ2) is 9.79. The molecule has 0 saturated carbocycles. The Morgan fingerprint density at radius 1 is 1.12 bits per heavy atom. The Kier molecular flexibility index (Phi) is 9.68. The van der Waals surface area contributed by atoms with Gasteiger partial charge < -0.3 is 25.2 Å². The largest absolute Gasteiger partial charge is 0.394 e. The number of nitrogens with two attached hydrogens (primary N) is 1. The van der Waals surface area contributed by atoms with Gasteiger partial charge in [0, 0.05) is 46.0 Å². The van der Waals surface area contributed by atoms with Gasteiger partial charge in [-0.1, -0.05) is 0 Å². The number of nitrogens with zero attached hydrogens (tertiary/aromatic N) is 1. The molecule has 1 atom stereocenters. The smallest absolute Gasteiger partial charge is 0.0608 e. The average molecular weight is 248 g/mol. The lowest BCUT2D eigenvalue weighted by Crippen LogP contribution is -2.44. The van der Waals surface area contributed by atoms with E-state index in [1.165, 1.54) is 0 Å². The normalized spacial score (nSPS) is 15.2. The molecule has 0 spiro atoms. The van der Waals surface area contributed by atoms with Crippen molar-refractivity contribution in [3.8, 4) is 0 Å². The van der Waals surface area contributed by atoms with Gasteiger partial charge in [0.2, 0.25) is 0 Å². The Hall–Kier alpha value is -0.200. The molecule has 0 bridgehead atoms. The molecule has 0 fully saturated rings. The Morgan fingerprint density at radius 2 is 1.76 bits per heavy atom. The van der Waals surface area contributed by atoms with E-state index in [0.717, 1.165) is 39.1 Å². The van der Waals surface area contributed by atoms with Gasteiger partial charge in [-0.2, -0.15) is 0 Å². The number of methoxy groups -OCH3 is 2. The molecule has 0 aliphatic heterocycles. The maximum absolute atomic E-state index is 9.11. The van der Waals surface area contributed by atoms with Crippen LogP contribution < -0.4 is 5.73 Å². The van der Waals surface area contributed by atoms with Crippen molar-refractivity contribution in [2.24, 2.45) is 5.73 Å². The van der Waals surface area contributed by atoms with Crippen molar-refractivity contribution in [3.05, 3.63) is 0 Å². The highest BCUT2D eigenvalue weighted by Crippen LogP contribution is 2.06. The zero-order valence-corrected chi connectivity index (χ0v) is 11.4. The lowest BCUT2D eigenvalue weighted by Gasteiger charge is -2.27. The molecule has 0 radical (unpaired) electrons. The van der Waals surface area contributed by atoms with E-state index >= 15 is 0 Å². The summed E-state index contributed by atoms with van der Waals surface area (Å²) in [5, 5.41) is 9.11. The molecule has 0 rings (SSSR count). The number of hydrogen-bond donors (Lipinski definition) is 2. The molecule has 0 saturated heterocycles. The van der Waals surface area contributed by atoms with E-state index in [4.69, 9.17) is 20.3 Å². The SMILES string of the molecule is COCCCN(CCOC)CCC(C)(N)CO. The molecule has 0 aliphatic carbocycles. The van der Waals surface area contributed by atoms with Gasteiger partial charge in [0.15, 0.2) is 0 Å². The fourth-order valence-electron chi connectivity index (χ4n) is 1.48.